The summed E-state index contributed by atoms with van der Waals surface area (Å²) in [5.41, 5.74) is 5.88. The summed E-state index contributed by atoms with van der Waals surface area (Å²) in [4.78, 5) is 57.2. The van der Waals surface area contributed by atoms with Gasteiger partial charge in [0.15, 0.2) is 6.10 Å². The lowest BCUT2D eigenvalue weighted by Gasteiger charge is -2.20. The lowest BCUT2D eigenvalue weighted by molar-refractivity contribution is -0.0604. The Morgan fingerprint density at radius 3 is 2.45 bits per heavy atom. The molecule has 0 saturated carbocycles. The van der Waals surface area contributed by atoms with Crippen molar-refractivity contribution in [2.75, 3.05) is 12.3 Å². The highest BCUT2D eigenvalue weighted by Crippen LogP contribution is 2.66. The van der Waals surface area contributed by atoms with Gasteiger partial charge in [0.1, 0.15) is 18.1 Å². The van der Waals surface area contributed by atoms with Crippen LogP contribution in [0.2, 0.25) is 0 Å². The lowest BCUT2D eigenvalue weighted by Crippen LogP contribution is -2.29. The number of phosphoric acid groups is 3. The van der Waals surface area contributed by atoms with Crippen LogP contribution in [-0.4, -0.2) is 53.7 Å². The first kappa shape index (κ1) is 27.8. The van der Waals surface area contributed by atoms with Crippen molar-refractivity contribution in [1.29, 1.82) is 0 Å². The maximum absolute atomic E-state index is 12.2. The van der Waals surface area contributed by atoms with E-state index >= 15 is 0 Å². The van der Waals surface area contributed by atoms with E-state index in [2.05, 4.69) is 23.3 Å². The molecule has 5 atom stereocenters. The number of nitrogens with zero attached hydrogens (tertiary/aromatic N) is 3. The predicted octanol–water partition coefficient (Wildman–Crippen LogP) is 0.546. The number of aromatic nitrogens is 2. The molecule has 0 spiro atoms. The Morgan fingerprint density at radius 2 is 1.88 bits per heavy atom. The Balaban J connectivity index is 2.17. The molecule has 1 aromatic heterocycles. The fraction of sp³-hybridized carbons (Fsp3) is 0.615. The van der Waals surface area contributed by atoms with Crippen LogP contribution in [0.5, 0.6) is 0 Å². The van der Waals surface area contributed by atoms with E-state index in [0.717, 1.165) is 4.57 Å². The van der Waals surface area contributed by atoms with Gasteiger partial charge in [-0.3, -0.25) is 9.09 Å². The highest BCUT2D eigenvalue weighted by Gasteiger charge is 2.44. The second-order valence-electron chi connectivity index (χ2n) is 6.93. The molecule has 1 saturated heterocycles. The quantitative estimate of drug-likeness (QED) is 0.155. The molecule has 0 amide bonds. The second-order valence-corrected chi connectivity index (χ2v) is 11.4. The van der Waals surface area contributed by atoms with Gasteiger partial charge in [0, 0.05) is 18.2 Å². The van der Waals surface area contributed by atoms with Gasteiger partial charge in [-0.25, -0.2) is 18.5 Å². The van der Waals surface area contributed by atoms with E-state index in [0.29, 0.717) is 11.3 Å². The largest absolute Gasteiger partial charge is 0.490 e. The van der Waals surface area contributed by atoms with Crippen molar-refractivity contribution in [3.8, 4) is 0 Å². The molecule has 3 unspecified atom stereocenters. The zero-order valence-corrected chi connectivity index (χ0v) is 20.1. The molecule has 0 aromatic carbocycles. The molecule has 2 rings (SSSR count). The van der Waals surface area contributed by atoms with Crippen LogP contribution in [0.1, 0.15) is 32.1 Å². The number of anilines is 1. The van der Waals surface area contributed by atoms with Gasteiger partial charge < -0.3 is 34.9 Å². The van der Waals surface area contributed by atoms with E-state index in [1.54, 1.807) is 20.8 Å². The molecule has 6 N–H and O–H groups in total. The van der Waals surface area contributed by atoms with Crippen molar-refractivity contribution >= 4 is 35.0 Å². The Hall–Kier alpha value is -1.48. The number of phosphoric ester groups is 1. The van der Waals surface area contributed by atoms with Crippen LogP contribution < -0.4 is 11.4 Å². The van der Waals surface area contributed by atoms with Gasteiger partial charge in [-0.1, -0.05) is 5.16 Å². The molecule has 17 nitrogen and oxygen atoms in total. The summed E-state index contributed by atoms with van der Waals surface area (Å²) < 4.78 is 52.8. The highest BCUT2D eigenvalue weighted by atomic mass is 31.3. The Bertz CT molecular complexity index is 1100. The molecule has 1 aliphatic heterocycles. The van der Waals surface area contributed by atoms with Crippen molar-refractivity contribution < 1.29 is 56.0 Å². The summed E-state index contributed by atoms with van der Waals surface area (Å²) in [6, 6.07) is 0. The minimum absolute atomic E-state index is 0.0200. The summed E-state index contributed by atoms with van der Waals surface area (Å²) in [6.07, 6.45) is -1.61. The lowest BCUT2D eigenvalue weighted by atomic mass is 10.2. The van der Waals surface area contributed by atoms with Gasteiger partial charge in [0.2, 0.25) is 0 Å². The first-order valence-electron chi connectivity index (χ1n) is 8.94. The molecule has 1 aromatic rings. The standard InChI is InChI=1S/C13H23N4O13P3/c1-7(2)16-28-9-4-11(17-5-8(3)12(14)15-13(17)18)27-10(9)6-26-32(22,23)30-33(24,25)29-31(19,20)21/h5,9-11H,4,6H2,1-3H3,(H,22,23)(H,24,25)(H2,14,15,18)(H2,19,20,21)/t9-,10?,11-/m1/s1. The Labute approximate surface area is 186 Å². The zero-order chi connectivity index (χ0) is 25.2. The third kappa shape index (κ3) is 8.67. The summed E-state index contributed by atoms with van der Waals surface area (Å²) in [5.74, 6) is 0.0254. The molecular weight excluding hydrogens is 513 g/mol. The van der Waals surface area contributed by atoms with Gasteiger partial charge in [0.25, 0.3) is 0 Å². The van der Waals surface area contributed by atoms with Crippen LogP contribution >= 0.6 is 23.5 Å². The normalized spacial score (nSPS) is 24.6. The molecule has 0 aliphatic carbocycles. The second kappa shape index (κ2) is 10.4. The average molecular weight is 536 g/mol. The van der Waals surface area contributed by atoms with Crippen LogP contribution in [0.15, 0.2) is 16.1 Å². The van der Waals surface area contributed by atoms with Crippen LogP contribution in [0.25, 0.3) is 0 Å². The number of nitrogen functional groups attached to an aromatic ring is 1. The van der Waals surface area contributed by atoms with Gasteiger partial charge in [0.05, 0.1) is 12.3 Å². The SMILES string of the molecule is CC(C)=NO[C@@H]1C[C@H](n2cc(C)c(N)nc2=O)OC1COP(=O)(O)OP(=O)(O)OP(=O)(O)O. The van der Waals surface area contributed by atoms with E-state index in [1.165, 1.54) is 6.20 Å². The van der Waals surface area contributed by atoms with E-state index in [9.17, 15) is 28.3 Å². The summed E-state index contributed by atoms with van der Waals surface area (Å²) >= 11 is 0. The zero-order valence-electron chi connectivity index (χ0n) is 17.4. The van der Waals surface area contributed by atoms with Crippen LogP contribution in [0.3, 0.4) is 0 Å². The average Bonchev–Trinajstić information content (AvgIpc) is 3.01. The van der Waals surface area contributed by atoms with Crippen molar-refractivity contribution in [3.63, 3.8) is 0 Å². The first-order valence-corrected chi connectivity index (χ1v) is 13.5. The summed E-state index contributed by atoms with van der Waals surface area (Å²) in [6.45, 7) is 4.09. The van der Waals surface area contributed by atoms with Crippen LogP contribution in [0, 0.1) is 6.92 Å². The molecule has 2 heterocycles. The molecule has 1 aliphatic rings. The molecule has 33 heavy (non-hydrogen) atoms. The van der Waals surface area contributed by atoms with Crippen molar-refractivity contribution in [1.82, 2.24) is 9.55 Å². The molecule has 0 radical (unpaired) electrons. The van der Waals surface area contributed by atoms with Crippen LogP contribution in [-0.2, 0) is 36.4 Å². The maximum atomic E-state index is 12.2. The minimum atomic E-state index is -5.68. The van der Waals surface area contributed by atoms with Gasteiger partial charge in [-0.05, 0) is 20.8 Å². The first-order chi connectivity index (χ1) is 15.0. The Kier molecular flexibility index (Phi) is 8.77. The van der Waals surface area contributed by atoms with Gasteiger partial charge in [-0.2, -0.15) is 13.6 Å². The molecule has 188 valence electrons. The van der Waals surface area contributed by atoms with Crippen molar-refractivity contribution in [3.05, 3.63) is 22.2 Å². The number of aryl methyl sites for hydroxylation is 1. The van der Waals surface area contributed by atoms with Gasteiger partial charge in [-0.15, -0.1) is 0 Å². The number of nitrogens with two attached hydrogens (primary N) is 1. The van der Waals surface area contributed by atoms with Crippen LogP contribution in [0.4, 0.5) is 5.82 Å². The summed E-state index contributed by atoms with van der Waals surface area (Å²) in [5, 5.41) is 3.79. The molecular formula is C13H23N4O13P3. The number of oxime groups is 1. The fourth-order valence-electron chi connectivity index (χ4n) is 2.56. The monoisotopic (exact) mass is 536 g/mol. The van der Waals surface area contributed by atoms with Crippen molar-refractivity contribution in [2.45, 2.75) is 45.6 Å². The third-order valence-corrected chi connectivity index (χ3v) is 7.66. The Morgan fingerprint density at radius 1 is 1.24 bits per heavy atom. The third-order valence-electron chi connectivity index (χ3n) is 3.85. The smallest absolute Gasteiger partial charge is 0.389 e. The molecule has 20 heteroatoms. The topological polar surface area (TPSA) is 252 Å². The number of hydrogen-bond acceptors (Lipinski definition) is 12. The predicted molar refractivity (Wildman–Crippen MR) is 110 cm³/mol. The fourth-order valence-corrected chi connectivity index (χ4v) is 5.59. The van der Waals surface area contributed by atoms with E-state index in [4.69, 9.17) is 25.1 Å². The summed E-state index contributed by atoms with van der Waals surface area (Å²) in [7, 11) is -16.6. The van der Waals surface area contributed by atoms with Crippen molar-refractivity contribution in [2.24, 2.45) is 5.16 Å². The number of hydrogen-bond donors (Lipinski definition) is 5. The van der Waals surface area contributed by atoms with E-state index in [-0.39, 0.29) is 12.2 Å². The number of rotatable bonds is 10. The van der Waals surface area contributed by atoms with E-state index in [1.807, 2.05) is 0 Å². The highest BCUT2D eigenvalue weighted by molar-refractivity contribution is 7.66. The van der Waals surface area contributed by atoms with Gasteiger partial charge >= 0.3 is 29.2 Å². The van der Waals surface area contributed by atoms with E-state index < -0.39 is 54.2 Å². The maximum Gasteiger partial charge on any atom is 0.490 e. The molecule has 0 bridgehead atoms. The minimum Gasteiger partial charge on any atom is -0.389 e. The number of ether oxygens (including phenoxy) is 1. The molecule has 1 fully saturated rings.